The van der Waals surface area contributed by atoms with Gasteiger partial charge in [-0.2, -0.15) is 0 Å². The summed E-state index contributed by atoms with van der Waals surface area (Å²) in [6.45, 7) is 11.1. The van der Waals surface area contributed by atoms with E-state index in [0.29, 0.717) is 25.4 Å². The SMILES string of the molecule is C[C@@H]1CC(OCCO[C@H]2CC[C@H](N)CC2)C[C@H](C)N1C(=O)OC(C)(C)C. The second-order valence-corrected chi connectivity index (χ2v) is 8.96. The molecule has 1 heterocycles. The van der Waals surface area contributed by atoms with Crippen LogP contribution in [0.25, 0.3) is 0 Å². The molecule has 0 spiro atoms. The predicted octanol–water partition coefficient (Wildman–Crippen LogP) is 3.47. The van der Waals surface area contributed by atoms with Gasteiger partial charge in [0.05, 0.1) is 25.4 Å². The summed E-state index contributed by atoms with van der Waals surface area (Å²) >= 11 is 0. The van der Waals surface area contributed by atoms with Gasteiger partial charge in [-0.3, -0.25) is 0 Å². The molecule has 1 aliphatic carbocycles. The Labute approximate surface area is 158 Å². The van der Waals surface area contributed by atoms with E-state index >= 15 is 0 Å². The molecule has 6 heteroatoms. The van der Waals surface area contributed by atoms with Gasteiger partial charge in [-0.1, -0.05) is 0 Å². The van der Waals surface area contributed by atoms with Gasteiger partial charge in [0.15, 0.2) is 0 Å². The van der Waals surface area contributed by atoms with Crippen LogP contribution in [0.15, 0.2) is 0 Å². The highest BCUT2D eigenvalue weighted by molar-refractivity contribution is 5.69. The van der Waals surface area contributed by atoms with Crippen molar-refractivity contribution in [3.63, 3.8) is 0 Å². The van der Waals surface area contributed by atoms with E-state index < -0.39 is 5.60 Å². The first kappa shape index (κ1) is 21.5. The minimum atomic E-state index is -0.468. The maximum atomic E-state index is 12.4. The number of hydrogen-bond acceptors (Lipinski definition) is 5. The van der Waals surface area contributed by atoms with Gasteiger partial charge in [-0.25, -0.2) is 4.79 Å². The summed E-state index contributed by atoms with van der Waals surface area (Å²) in [4.78, 5) is 14.3. The smallest absolute Gasteiger partial charge is 0.410 e. The van der Waals surface area contributed by atoms with Crippen LogP contribution in [0.4, 0.5) is 4.79 Å². The van der Waals surface area contributed by atoms with Crippen LogP contribution in [0.1, 0.15) is 73.1 Å². The molecular weight excluding hydrogens is 332 g/mol. The number of hydrogen-bond donors (Lipinski definition) is 1. The van der Waals surface area contributed by atoms with E-state index in [4.69, 9.17) is 19.9 Å². The molecule has 2 aliphatic rings. The molecule has 2 rings (SSSR count). The molecule has 1 unspecified atom stereocenters. The van der Waals surface area contributed by atoms with E-state index in [2.05, 4.69) is 13.8 Å². The Kier molecular flexibility index (Phi) is 7.74. The van der Waals surface area contributed by atoms with Crippen LogP contribution >= 0.6 is 0 Å². The van der Waals surface area contributed by atoms with E-state index in [-0.39, 0.29) is 24.3 Å². The third-order valence-electron chi connectivity index (χ3n) is 5.27. The summed E-state index contributed by atoms with van der Waals surface area (Å²) in [6.07, 6.45) is 6.19. The third kappa shape index (κ3) is 6.71. The fraction of sp³-hybridized carbons (Fsp3) is 0.950. The van der Waals surface area contributed by atoms with Crippen LogP contribution in [0.5, 0.6) is 0 Å². The van der Waals surface area contributed by atoms with Crippen molar-refractivity contribution in [2.24, 2.45) is 5.73 Å². The molecule has 3 atom stereocenters. The second kappa shape index (κ2) is 9.38. The number of piperidine rings is 1. The van der Waals surface area contributed by atoms with Crippen LogP contribution < -0.4 is 5.73 Å². The van der Waals surface area contributed by atoms with Gasteiger partial charge in [0.1, 0.15) is 5.60 Å². The number of nitrogens with two attached hydrogens (primary N) is 1. The molecule has 26 heavy (non-hydrogen) atoms. The van der Waals surface area contributed by atoms with Gasteiger partial charge in [-0.05, 0) is 73.1 Å². The van der Waals surface area contributed by atoms with Gasteiger partial charge >= 0.3 is 6.09 Å². The fourth-order valence-electron chi connectivity index (χ4n) is 4.01. The molecule has 2 N–H and O–H groups in total. The summed E-state index contributed by atoms with van der Waals surface area (Å²) < 4.78 is 17.5. The summed E-state index contributed by atoms with van der Waals surface area (Å²) in [5, 5.41) is 0. The maximum absolute atomic E-state index is 12.4. The lowest BCUT2D eigenvalue weighted by Gasteiger charge is -2.42. The van der Waals surface area contributed by atoms with E-state index in [0.717, 1.165) is 38.5 Å². The molecule has 0 aromatic carbocycles. The molecular formula is C20H38N2O4. The number of amides is 1. The highest BCUT2D eigenvalue weighted by Gasteiger charge is 2.36. The number of ether oxygens (including phenoxy) is 3. The third-order valence-corrected chi connectivity index (χ3v) is 5.27. The molecule has 1 saturated carbocycles. The van der Waals surface area contributed by atoms with Crippen molar-refractivity contribution in [1.29, 1.82) is 0 Å². The molecule has 0 bridgehead atoms. The lowest BCUT2D eigenvalue weighted by Crippen LogP contribution is -2.53. The zero-order valence-electron chi connectivity index (χ0n) is 17.2. The largest absolute Gasteiger partial charge is 0.444 e. The Hall–Kier alpha value is -0.850. The number of rotatable bonds is 5. The first-order chi connectivity index (χ1) is 12.2. The van der Waals surface area contributed by atoms with Crippen LogP contribution in [0, 0.1) is 0 Å². The average Bonchev–Trinajstić information content (AvgIpc) is 2.51. The summed E-state index contributed by atoms with van der Waals surface area (Å²) in [5.41, 5.74) is 5.46. The highest BCUT2D eigenvalue weighted by Crippen LogP contribution is 2.27. The van der Waals surface area contributed by atoms with Crippen molar-refractivity contribution >= 4 is 6.09 Å². The Balaban J connectivity index is 1.69. The quantitative estimate of drug-likeness (QED) is 0.750. The second-order valence-electron chi connectivity index (χ2n) is 8.96. The Morgan fingerprint density at radius 1 is 0.962 bits per heavy atom. The van der Waals surface area contributed by atoms with Gasteiger partial charge in [-0.15, -0.1) is 0 Å². The van der Waals surface area contributed by atoms with Crippen LogP contribution in [0.3, 0.4) is 0 Å². The van der Waals surface area contributed by atoms with Gasteiger partial charge in [0.2, 0.25) is 0 Å². The molecule has 1 saturated heterocycles. The van der Waals surface area contributed by atoms with E-state index in [1.54, 1.807) is 0 Å². The average molecular weight is 371 g/mol. The van der Waals surface area contributed by atoms with E-state index in [9.17, 15) is 4.79 Å². The zero-order valence-corrected chi connectivity index (χ0v) is 17.2. The maximum Gasteiger partial charge on any atom is 0.410 e. The topological polar surface area (TPSA) is 74.0 Å². The van der Waals surface area contributed by atoms with Crippen molar-refractivity contribution in [3.05, 3.63) is 0 Å². The molecule has 1 aliphatic heterocycles. The molecule has 2 fully saturated rings. The highest BCUT2D eigenvalue weighted by atomic mass is 16.6. The first-order valence-corrected chi connectivity index (χ1v) is 10.2. The zero-order chi connectivity index (χ0) is 19.3. The fourth-order valence-corrected chi connectivity index (χ4v) is 4.01. The minimum absolute atomic E-state index is 0.111. The number of carbonyl (C=O) groups excluding carboxylic acids is 1. The van der Waals surface area contributed by atoms with Crippen molar-refractivity contribution in [2.45, 2.75) is 109 Å². The van der Waals surface area contributed by atoms with Crippen molar-refractivity contribution < 1.29 is 19.0 Å². The van der Waals surface area contributed by atoms with Gasteiger partial charge in [0.25, 0.3) is 0 Å². The first-order valence-electron chi connectivity index (χ1n) is 10.2. The van der Waals surface area contributed by atoms with E-state index in [1.165, 1.54) is 0 Å². The summed E-state index contributed by atoms with van der Waals surface area (Å²) in [7, 11) is 0. The lowest BCUT2D eigenvalue weighted by atomic mass is 9.94. The van der Waals surface area contributed by atoms with Crippen molar-refractivity contribution in [1.82, 2.24) is 4.90 Å². The van der Waals surface area contributed by atoms with Crippen molar-refractivity contribution in [3.8, 4) is 0 Å². The van der Waals surface area contributed by atoms with Crippen LogP contribution in [0.2, 0.25) is 0 Å². The monoisotopic (exact) mass is 370 g/mol. The Morgan fingerprint density at radius 3 is 1.96 bits per heavy atom. The van der Waals surface area contributed by atoms with E-state index in [1.807, 2.05) is 25.7 Å². The number of nitrogens with zero attached hydrogens (tertiary/aromatic N) is 1. The molecule has 1 amide bonds. The molecule has 0 radical (unpaired) electrons. The Bertz CT molecular complexity index is 432. The number of likely N-dealkylation sites (tertiary alicyclic amines) is 1. The van der Waals surface area contributed by atoms with Gasteiger partial charge < -0.3 is 24.8 Å². The molecule has 6 nitrogen and oxygen atoms in total. The normalized spacial score (nSPS) is 33.2. The summed E-state index contributed by atoms with van der Waals surface area (Å²) in [6, 6.07) is 0.572. The minimum Gasteiger partial charge on any atom is -0.444 e. The molecule has 0 aromatic heterocycles. The molecule has 152 valence electrons. The van der Waals surface area contributed by atoms with Crippen LogP contribution in [-0.4, -0.2) is 60.1 Å². The molecule has 0 aromatic rings. The summed E-state index contributed by atoms with van der Waals surface area (Å²) in [5.74, 6) is 0. The Morgan fingerprint density at radius 2 is 1.46 bits per heavy atom. The number of carbonyl (C=O) groups is 1. The van der Waals surface area contributed by atoms with Gasteiger partial charge in [0, 0.05) is 18.1 Å². The lowest BCUT2D eigenvalue weighted by molar-refractivity contribution is -0.0690. The van der Waals surface area contributed by atoms with Crippen LogP contribution in [-0.2, 0) is 14.2 Å². The van der Waals surface area contributed by atoms with Crippen molar-refractivity contribution in [2.75, 3.05) is 13.2 Å². The predicted molar refractivity (Wildman–Crippen MR) is 102 cm³/mol. The standard InChI is InChI=1S/C20H38N2O4/c1-14-12-18(13-15(2)22(14)19(23)26-20(3,4)5)25-11-10-24-17-8-6-16(21)7-9-17/h14-18H,6-13,21H2,1-5H3/t14-,15+,16-,17-,18?.